The van der Waals surface area contributed by atoms with Crippen LogP contribution in [0.25, 0.3) is 10.9 Å². The van der Waals surface area contributed by atoms with Crippen LogP contribution in [0.4, 0.5) is 18.9 Å². The third-order valence-corrected chi connectivity index (χ3v) is 6.45. The van der Waals surface area contributed by atoms with Crippen molar-refractivity contribution >= 4 is 26.6 Å². The van der Waals surface area contributed by atoms with E-state index >= 15 is 0 Å². The molecular weight excluding hydrogens is 403 g/mol. The highest BCUT2D eigenvalue weighted by Gasteiger charge is 2.43. The molecule has 0 saturated heterocycles. The average molecular weight is 425 g/mol. The van der Waals surface area contributed by atoms with Crippen molar-refractivity contribution in [3.8, 4) is 0 Å². The number of aromatic nitrogens is 1. The van der Waals surface area contributed by atoms with Crippen LogP contribution < -0.4 is 10.5 Å². The number of hydrogen-bond donors (Lipinski definition) is 3. The standard InChI is InChI=1S/C20H22F3N3O2S/c1-11-4-5-17-15(7-11)14(10-25-17)9-18(20(21,22)23)26-29(27,28)19-13(3)6-12(2)8-16(19)24/h4-8,10,18,25-26H,9,24H2,1-3H3. The number of anilines is 1. The minimum absolute atomic E-state index is 0.0846. The summed E-state index contributed by atoms with van der Waals surface area (Å²) in [6.45, 7) is 5.07. The molecule has 1 heterocycles. The van der Waals surface area contributed by atoms with Gasteiger partial charge < -0.3 is 10.7 Å². The van der Waals surface area contributed by atoms with Crippen LogP contribution in [-0.2, 0) is 16.4 Å². The molecule has 0 amide bonds. The SMILES string of the molecule is Cc1cc(C)c(S(=O)(=O)NC(Cc2c[nH]c3ccc(C)cc23)C(F)(F)F)c(N)c1. The van der Waals surface area contributed by atoms with Gasteiger partial charge in [0.25, 0.3) is 0 Å². The summed E-state index contributed by atoms with van der Waals surface area (Å²) < 4.78 is 68.6. The lowest BCUT2D eigenvalue weighted by Gasteiger charge is -2.22. The van der Waals surface area contributed by atoms with Gasteiger partial charge in [0.15, 0.2) is 0 Å². The Hall–Kier alpha value is -2.52. The Morgan fingerprint density at radius 2 is 1.79 bits per heavy atom. The van der Waals surface area contributed by atoms with E-state index in [0.717, 1.165) is 11.1 Å². The maximum absolute atomic E-state index is 13.7. The van der Waals surface area contributed by atoms with Crippen molar-refractivity contribution in [3.05, 3.63) is 58.8 Å². The summed E-state index contributed by atoms with van der Waals surface area (Å²) in [5.41, 5.74) is 8.70. The van der Waals surface area contributed by atoms with E-state index in [9.17, 15) is 21.6 Å². The fourth-order valence-corrected chi connectivity index (χ4v) is 5.07. The Morgan fingerprint density at radius 1 is 1.10 bits per heavy atom. The van der Waals surface area contributed by atoms with Gasteiger partial charge >= 0.3 is 6.18 Å². The Bertz CT molecular complexity index is 1140. The summed E-state index contributed by atoms with van der Waals surface area (Å²) in [6, 6.07) is 6.08. The van der Waals surface area contributed by atoms with Crippen molar-refractivity contribution < 1.29 is 21.6 Å². The minimum atomic E-state index is -4.78. The summed E-state index contributed by atoms with van der Waals surface area (Å²) in [6.07, 6.45) is -3.85. The fraction of sp³-hybridized carbons (Fsp3) is 0.300. The quantitative estimate of drug-likeness (QED) is 0.537. The molecule has 0 saturated carbocycles. The second-order valence-electron chi connectivity index (χ2n) is 7.28. The van der Waals surface area contributed by atoms with Gasteiger partial charge in [0, 0.05) is 17.1 Å². The number of hydrogen-bond acceptors (Lipinski definition) is 3. The van der Waals surface area contributed by atoms with Crippen molar-refractivity contribution in [1.29, 1.82) is 0 Å². The molecule has 1 atom stereocenters. The Labute approximate surface area is 167 Å². The average Bonchev–Trinajstić information content (AvgIpc) is 2.94. The van der Waals surface area contributed by atoms with E-state index in [4.69, 9.17) is 5.73 Å². The number of H-pyrrole nitrogens is 1. The van der Waals surface area contributed by atoms with Gasteiger partial charge in [-0.2, -0.15) is 17.9 Å². The van der Waals surface area contributed by atoms with Gasteiger partial charge in [-0.05, 0) is 62.1 Å². The molecule has 0 radical (unpaired) electrons. The zero-order chi connectivity index (χ0) is 21.6. The van der Waals surface area contributed by atoms with Gasteiger partial charge in [-0.3, -0.25) is 0 Å². The largest absolute Gasteiger partial charge is 0.405 e. The molecule has 0 aliphatic heterocycles. The van der Waals surface area contributed by atoms with E-state index in [1.807, 2.05) is 17.7 Å². The fourth-order valence-electron chi connectivity index (χ4n) is 3.51. The maximum Gasteiger partial charge on any atom is 0.405 e. The number of aromatic amines is 1. The number of nitrogens with two attached hydrogens (primary N) is 1. The lowest BCUT2D eigenvalue weighted by molar-refractivity contribution is -0.150. The number of alkyl halides is 3. The maximum atomic E-state index is 13.7. The Balaban J connectivity index is 1.99. The molecule has 9 heteroatoms. The molecule has 1 aromatic heterocycles. The number of rotatable bonds is 5. The molecule has 29 heavy (non-hydrogen) atoms. The van der Waals surface area contributed by atoms with Gasteiger partial charge in [0.2, 0.25) is 10.0 Å². The molecule has 0 aliphatic rings. The van der Waals surface area contributed by atoms with Gasteiger partial charge in [-0.15, -0.1) is 0 Å². The van der Waals surface area contributed by atoms with Crippen molar-refractivity contribution in [2.75, 3.05) is 5.73 Å². The number of benzene rings is 2. The second-order valence-corrected chi connectivity index (χ2v) is 8.93. The Morgan fingerprint density at radius 3 is 2.41 bits per heavy atom. The molecule has 5 nitrogen and oxygen atoms in total. The molecule has 3 rings (SSSR count). The normalized spacial score (nSPS) is 13.7. The topological polar surface area (TPSA) is 88.0 Å². The monoisotopic (exact) mass is 425 g/mol. The first-order valence-electron chi connectivity index (χ1n) is 8.91. The molecule has 2 aromatic carbocycles. The third-order valence-electron chi connectivity index (χ3n) is 4.76. The number of sulfonamides is 1. The van der Waals surface area contributed by atoms with Crippen LogP contribution in [0.15, 0.2) is 41.4 Å². The molecule has 0 bridgehead atoms. The number of halogens is 3. The van der Waals surface area contributed by atoms with Gasteiger partial charge in [-0.25, -0.2) is 8.42 Å². The molecular formula is C20H22F3N3O2S. The first-order valence-corrected chi connectivity index (χ1v) is 10.4. The van der Waals surface area contributed by atoms with Crippen LogP contribution in [0.1, 0.15) is 22.3 Å². The first-order chi connectivity index (χ1) is 13.4. The van der Waals surface area contributed by atoms with Gasteiger partial charge in [0.05, 0.1) is 5.69 Å². The highest BCUT2D eigenvalue weighted by molar-refractivity contribution is 7.89. The number of fused-ring (bicyclic) bond motifs is 1. The van der Waals surface area contributed by atoms with Crippen molar-refractivity contribution in [1.82, 2.24) is 9.71 Å². The lowest BCUT2D eigenvalue weighted by atomic mass is 10.0. The molecule has 3 aromatic rings. The highest BCUT2D eigenvalue weighted by Crippen LogP contribution is 2.30. The van der Waals surface area contributed by atoms with Gasteiger partial charge in [0.1, 0.15) is 10.9 Å². The predicted molar refractivity (Wildman–Crippen MR) is 107 cm³/mol. The van der Waals surface area contributed by atoms with Crippen LogP contribution in [0, 0.1) is 20.8 Å². The summed E-state index contributed by atoms with van der Waals surface area (Å²) in [5, 5.41) is 0.629. The van der Waals surface area contributed by atoms with E-state index in [1.165, 1.54) is 19.2 Å². The first kappa shape index (κ1) is 21.2. The lowest BCUT2D eigenvalue weighted by Crippen LogP contribution is -2.47. The summed E-state index contributed by atoms with van der Waals surface area (Å²) in [4.78, 5) is 2.60. The van der Waals surface area contributed by atoms with E-state index in [0.29, 0.717) is 22.0 Å². The van der Waals surface area contributed by atoms with E-state index in [-0.39, 0.29) is 10.6 Å². The molecule has 0 aliphatic carbocycles. The second kappa shape index (κ2) is 7.38. The number of nitrogens with one attached hydrogen (secondary N) is 2. The molecule has 0 spiro atoms. The Kier molecular flexibility index (Phi) is 5.40. The summed E-state index contributed by atoms with van der Waals surface area (Å²) in [7, 11) is -4.49. The van der Waals surface area contributed by atoms with Gasteiger partial charge in [-0.1, -0.05) is 17.7 Å². The van der Waals surface area contributed by atoms with Crippen LogP contribution in [0.5, 0.6) is 0 Å². The van der Waals surface area contributed by atoms with Crippen molar-refractivity contribution in [2.24, 2.45) is 0 Å². The third kappa shape index (κ3) is 4.40. The zero-order valence-electron chi connectivity index (χ0n) is 16.2. The van der Waals surface area contributed by atoms with Crippen molar-refractivity contribution in [2.45, 2.75) is 44.3 Å². The van der Waals surface area contributed by atoms with E-state index < -0.39 is 28.7 Å². The number of nitrogen functional groups attached to an aromatic ring is 1. The van der Waals surface area contributed by atoms with E-state index in [2.05, 4.69) is 4.98 Å². The molecule has 1 unspecified atom stereocenters. The van der Waals surface area contributed by atoms with Crippen LogP contribution in [0.3, 0.4) is 0 Å². The molecule has 0 fully saturated rings. The predicted octanol–water partition coefficient (Wildman–Crippen LogP) is 4.13. The zero-order valence-corrected chi connectivity index (χ0v) is 17.0. The number of aryl methyl sites for hydroxylation is 3. The van der Waals surface area contributed by atoms with E-state index in [1.54, 1.807) is 25.1 Å². The van der Waals surface area contributed by atoms with Crippen LogP contribution >= 0.6 is 0 Å². The molecule has 156 valence electrons. The summed E-state index contributed by atoms with van der Waals surface area (Å²) >= 11 is 0. The van der Waals surface area contributed by atoms with Crippen molar-refractivity contribution in [3.63, 3.8) is 0 Å². The highest BCUT2D eigenvalue weighted by atomic mass is 32.2. The van der Waals surface area contributed by atoms with Crippen LogP contribution in [0.2, 0.25) is 0 Å². The van der Waals surface area contributed by atoms with Crippen LogP contribution in [-0.4, -0.2) is 25.6 Å². The summed E-state index contributed by atoms with van der Waals surface area (Å²) in [5.74, 6) is 0. The minimum Gasteiger partial charge on any atom is -0.398 e. The smallest absolute Gasteiger partial charge is 0.398 e. The molecule has 4 N–H and O–H groups in total.